The summed E-state index contributed by atoms with van der Waals surface area (Å²) in [6.45, 7) is 0. The second kappa shape index (κ2) is 9.58. The van der Waals surface area contributed by atoms with Crippen LogP contribution in [0.3, 0.4) is 0 Å². The molecule has 0 unspecified atom stereocenters. The van der Waals surface area contributed by atoms with Gasteiger partial charge in [0.15, 0.2) is 17.6 Å². The lowest BCUT2D eigenvalue weighted by Crippen LogP contribution is -2.36. The highest BCUT2D eigenvalue weighted by Crippen LogP contribution is 2.57. The lowest BCUT2D eigenvalue weighted by molar-refractivity contribution is 0.00122. The van der Waals surface area contributed by atoms with Crippen molar-refractivity contribution in [2.75, 3.05) is 0 Å². The van der Waals surface area contributed by atoms with Crippen molar-refractivity contribution in [1.82, 2.24) is 0 Å². The highest BCUT2D eigenvalue weighted by atomic mass is 16.5. The first kappa shape index (κ1) is 26.2. The van der Waals surface area contributed by atoms with Gasteiger partial charge in [0.25, 0.3) is 0 Å². The molecule has 0 aliphatic carbocycles. The van der Waals surface area contributed by atoms with Crippen molar-refractivity contribution in [3.8, 4) is 51.7 Å². The van der Waals surface area contributed by atoms with Gasteiger partial charge in [-0.25, -0.2) is 0 Å². The summed E-state index contributed by atoms with van der Waals surface area (Å²) >= 11 is 0. The summed E-state index contributed by atoms with van der Waals surface area (Å²) in [5, 5.41) is 95.2. The van der Waals surface area contributed by atoms with E-state index in [0.29, 0.717) is 5.56 Å². The zero-order valence-electron chi connectivity index (χ0n) is 21.2. The Morgan fingerprint density at radius 3 is 1.95 bits per heavy atom. The van der Waals surface area contributed by atoms with E-state index in [9.17, 15) is 46.0 Å². The van der Waals surface area contributed by atoms with E-state index in [1.54, 1.807) is 0 Å². The number of fused-ring (bicyclic) bond motifs is 2. The second-order valence-corrected chi connectivity index (χ2v) is 10.2. The lowest BCUT2D eigenvalue weighted by Gasteiger charge is -2.40. The average molecular weight is 563 g/mol. The van der Waals surface area contributed by atoms with E-state index in [-0.39, 0.29) is 63.2 Å². The van der Waals surface area contributed by atoms with Crippen LogP contribution in [0.4, 0.5) is 0 Å². The van der Waals surface area contributed by atoms with Crippen molar-refractivity contribution in [3.05, 3.63) is 88.5 Å². The summed E-state index contributed by atoms with van der Waals surface area (Å²) < 4.78 is 12.2. The molecule has 0 fully saturated rings. The fourth-order valence-corrected chi connectivity index (χ4v) is 5.66. The summed E-state index contributed by atoms with van der Waals surface area (Å²) in [5.41, 5.74) is 0.857. The van der Waals surface area contributed by atoms with Crippen molar-refractivity contribution in [2.24, 2.45) is 0 Å². The average Bonchev–Trinajstić information content (AvgIpc) is 2.92. The smallest absolute Gasteiger partial charge is 0.157 e. The van der Waals surface area contributed by atoms with E-state index in [2.05, 4.69) is 0 Å². The minimum absolute atomic E-state index is 0.00736. The first-order valence-corrected chi connectivity index (χ1v) is 12.7. The number of aliphatic hydroxyl groups excluding tert-OH is 2. The molecular weight excluding hydrogens is 536 g/mol. The lowest BCUT2D eigenvalue weighted by atomic mass is 9.77. The van der Waals surface area contributed by atoms with Crippen LogP contribution < -0.4 is 9.47 Å². The highest BCUT2D eigenvalue weighted by molar-refractivity contribution is 5.65. The van der Waals surface area contributed by atoms with Crippen LogP contribution in [0.5, 0.6) is 51.7 Å². The SMILES string of the molecule is Oc1ccc([C@@H]2Oc3cc(O)cc(O)c3[C@@H](c3c(O)cc(O)c4c3O[C@H](c3ccc(O)c(O)c3)[C@H](O)C4)[C@@H]2O)cc1. The zero-order valence-corrected chi connectivity index (χ0v) is 21.2. The van der Waals surface area contributed by atoms with Gasteiger partial charge >= 0.3 is 0 Å². The van der Waals surface area contributed by atoms with Gasteiger partial charge in [0.2, 0.25) is 0 Å². The minimum Gasteiger partial charge on any atom is -0.508 e. The molecule has 2 aliphatic rings. The first-order valence-electron chi connectivity index (χ1n) is 12.7. The van der Waals surface area contributed by atoms with E-state index >= 15 is 0 Å². The molecule has 0 radical (unpaired) electrons. The molecule has 0 amide bonds. The van der Waals surface area contributed by atoms with Crippen molar-refractivity contribution < 1.29 is 55.4 Å². The van der Waals surface area contributed by atoms with Gasteiger partial charge < -0.3 is 55.4 Å². The van der Waals surface area contributed by atoms with E-state index in [1.165, 1.54) is 48.5 Å². The quantitative estimate of drug-likeness (QED) is 0.166. The van der Waals surface area contributed by atoms with Crippen LogP contribution in [-0.2, 0) is 6.42 Å². The number of benzene rings is 4. The molecule has 0 aromatic heterocycles. The minimum atomic E-state index is -1.48. The number of phenolic OH excluding ortho intramolecular Hbond substituents is 7. The molecule has 2 heterocycles. The van der Waals surface area contributed by atoms with Crippen molar-refractivity contribution in [3.63, 3.8) is 0 Å². The van der Waals surface area contributed by atoms with Gasteiger partial charge in [-0.3, -0.25) is 0 Å². The van der Waals surface area contributed by atoms with E-state index in [0.717, 1.165) is 12.1 Å². The van der Waals surface area contributed by atoms with Crippen LogP contribution in [0.2, 0.25) is 0 Å². The molecule has 0 bridgehead atoms. The van der Waals surface area contributed by atoms with Crippen LogP contribution in [0.15, 0.2) is 60.7 Å². The normalized spacial score (nSPS) is 23.1. The van der Waals surface area contributed by atoms with Gasteiger partial charge in [0.05, 0.1) is 12.0 Å². The monoisotopic (exact) mass is 562 g/mol. The predicted molar refractivity (Wildman–Crippen MR) is 142 cm³/mol. The molecule has 5 atom stereocenters. The topological polar surface area (TPSA) is 201 Å². The fourth-order valence-electron chi connectivity index (χ4n) is 5.66. The third-order valence-corrected chi connectivity index (χ3v) is 7.57. The number of aliphatic hydroxyl groups is 2. The maximum atomic E-state index is 11.7. The largest absolute Gasteiger partial charge is 0.508 e. The summed E-state index contributed by atoms with van der Waals surface area (Å²) in [6, 6.07) is 13.1. The highest BCUT2D eigenvalue weighted by Gasteiger charge is 2.46. The molecule has 9 N–H and O–H groups in total. The second-order valence-electron chi connectivity index (χ2n) is 10.2. The van der Waals surface area contributed by atoms with Gasteiger partial charge in [0.1, 0.15) is 52.5 Å². The molecule has 212 valence electrons. The summed E-state index contributed by atoms with van der Waals surface area (Å²) in [4.78, 5) is 0. The van der Waals surface area contributed by atoms with Crippen molar-refractivity contribution in [2.45, 2.75) is 36.8 Å². The molecule has 0 saturated carbocycles. The van der Waals surface area contributed by atoms with Gasteiger partial charge in [-0.05, 0) is 35.4 Å². The third kappa shape index (κ3) is 4.31. The molecule has 2 aliphatic heterocycles. The molecule has 0 saturated heterocycles. The summed E-state index contributed by atoms with van der Waals surface area (Å²) in [5.74, 6) is -3.76. The number of ether oxygens (including phenoxy) is 2. The third-order valence-electron chi connectivity index (χ3n) is 7.57. The Hall–Kier alpha value is -5.00. The van der Waals surface area contributed by atoms with Crippen LogP contribution in [0.25, 0.3) is 0 Å². The van der Waals surface area contributed by atoms with Gasteiger partial charge in [-0.1, -0.05) is 18.2 Å². The van der Waals surface area contributed by atoms with Gasteiger partial charge in [-0.2, -0.15) is 0 Å². The maximum absolute atomic E-state index is 11.7. The molecule has 0 spiro atoms. The van der Waals surface area contributed by atoms with Crippen LogP contribution in [0.1, 0.15) is 45.9 Å². The number of hydrogen-bond acceptors (Lipinski definition) is 11. The molecule has 6 rings (SSSR count). The van der Waals surface area contributed by atoms with Crippen molar-refractivity contribution >= 4 is 0 Å². The summed E-state index contributed by atoms with van der Waals surface area (Å²) in [7, 11) is 0. The molecule has 11 heteroatoms. The molecular formula is C30H26O11. The Bertz CT molecular complexity index is 1650. The van der Waals surface area contributed by atoms with E-state index in [4.69, 9.17) is 9.47 Å². The van der Waals surface area contributed by atoms with Crippen LogP contribution in [0, 0.1) is 0 Å². The Kier molecular flexibility index (Phi) is 6.13. The zero-order chi connectivity index (χ0) is 29.2. The van der Waals surface area contributed by atoms with Crippen molar-refractivity contribution in [1.29, 1.82) is 0 Å². The summed E-state index contributed by atoms with van der Waals surface area (Å²) in [6.07, 6.45) is -5.05. The molecule has 4 aromatic carbocycles. The number of rotatable bonds is 3. The van der Waals surface area contributed by atoms with Crippen LogP contribution in [-0.4, -0.2) is 58.2 Å². The predicted octanol–water partition coefficient (Wildman–Crippen LogP) is 3.29. The number of phenols is 7. The maximum Gasteiger partial charge on any atom is 0.157 e. The van der Waals surface area contributed by atoms with Gasteiger partial charge in [0, 0.05) is 41.3 Å². The Morgan fingerprint density at radius 1 is 0.561 bits per heavy atom. The molecule has 11 nitrogen and oxygen atoms in total. The molecule has 4 aromatic rings. The first-order chi connectivity index (χ1) is 19.5. The fraction of sp³-hybridized carbons (Fsp3) is 0.200. The standard InChI is InChI=1S/C30H26O11/c31-14-4-1-12(2-5-14)29-27(39)26(24-20(36)8-15(32)9-23(24)40-29)25-21(37)11-18(34)16-10-22(38)28(41-30(16)25)13-3-6-17(33)19(35)7-13/h1-9,11,22,26-29,31-39H,10H2/t22-,26+,27+,28-,29+/m1/s1. The number of hydrogen-bond donors (Lipinski definition) is 9. The van der Waals surface area contributed by atoms with Gasteiger partial charge in [-0.15, -0.1) is 0 Å². The Balaban J connectivity index is 1.55. The number of aromatic hydroxyl groups is 7. The van der Waals surface area contributed by atoms with E-state index in [1.807, 2.05) is 0 Å². The van der Waals surface area contributed by atoms with E-state index < -0.39 is 47.6 Å². The molecule has 41 heavy (non-hydrogen) atoms. The van der Waals surface area contributed by atoms with Crippen LogP contribution >= 0.6 is 0 Å². The Morgan fingerprint density at radius 2 is 1.24 bits per heavy atom. The Labute approximate surface area is 232 Å².